The van der Waals surface area contributed by atoms with Crippen molar-refractivity contribution < 1.29 is 4.39 Å². The van der Waals surface area contributed by atoms with Gasteiger partial charge in [0.1, 0.15) is 5.82 Å². The molecule has 1 aromatic rings. The Balaban J connectivity index is 2.11. The first-order valence-electron chi connectivity index (χ1n) is 5.48. The zero-order chi connectivity index (χ0) is 11.8. The zero-order valence-electron chi connectivity index (χ0n) is 9.26. The molecular weight excluding hydrogens is 271 g/mol. The summed E-state index contributed by atoms with van der Waals surface area (Å²) in [5.41, 5.74) is 6.73. The SMILES string of the molecule is CC1CC(CN)(Nc2ccc(F)c(Br)c2)C1. The molecule has 0 aromatic heterocycles. The smallest absolute Gasteiger partial charge is 0.137 e. The third-order valence-corrected chi connectivity index (χ3v) is 3.81. The average Bonchev–Trinajstić information content (AvgIpc) is 2.21. The molecule has 0 amide bonds. The zero-order valence-corrected chi connectivity index (χ0v) is 10.8. The molecule has 1 aliphatic carbocycles. The van der Waals surface area contributed by atoms with E-state index >= 15 is 0 Å². The summed E-state index contributed by atoms with van der Waals surface area (Å²) in [6, 6.07) is 4.97. The van der Waals surface area contributed by atoms with Crippen LogP contribution in [0, 0.1) is 11.7 Å². The standard InChI is InChI=1S/C12H16BrFN2/c1-8-5-12(6-8,7-15)16-9-2-3-11(14)10(13)4-9/h2-4,8,16H,5-7,15H2,1H3. The number of nitrogens with two attached hydrogens (primary N) is 1. The number of anilines is 1. The summed E-state index contributed by atoms with van der Waals surface area (Å²) in [6.45, 7) is 2.84. The van der Waals surface area contributed by atoms with Crippen LogP contribution in [0.4, 0.5) is 10.1 Å². The molecule has 0 saturated heterocycles. The Morgan fingerprint density at radius 2 is 2.25 bits per heavy atom. The highest BCUT2D eigenvalue weighted by Gasteiger charge is 2.40. The van der Waals surface area contributed by atoms with Crippen molar-refractivity contribution in [3.8, 4) is 0 Å². The lowest BCUT2D eigenvalue weighted by atomic mass is 9.69. The topological polar surface area (TPSA) is 38.0 Å². The average molecular weight is 287 g/mol. The predicted molar refractivity (Wildman–Crippen MR) is 67.9 cm³/mol. The van der Waals surface area contributed by atoms with Gasteiger partial charge in [-0.2, -0.15) is 0 Å². The van der Waals surface area contributed by atoms with Gasteiger partial charge in [-0.05, 0) is 52.9 Å². The Hall–Kier alpha value is -0.610. The number of hydrogen-bond acceptors (Lipinski definition) is 2. The van der Waals surface area contributed by atoms with Crippen molar-refractivity contribution in [3.63, 3.8) is 0 Å². The Morgan fingerprint density at radius 1 is 1.56 bits per heavy atom. The van der Waals surface area contributed by atoms with Gasteiger partial charge in [-0.15, -0.1) is 0 Å². The molecule has 2 nitrogen and oxygen atoms in total. The first-order chi connectivity index (χ1) is 7.54. The highest BCUT2D eigenvalue weighted by Crippen LogP contribution is 2.39. The van der Waals surface area contributed by atoms with Crippen molar-refractivity contribution in [3.05, 3.63) is 28.5 Å². The van der Waals surface area contributed by atoms with Crippen LogP contribution in [0.5, 0.6) is 0 Å². The first kappa shape index (κ1) is 11.9. The molecule has 0 bridgehead atoms. The van der Waals surface area contributed by atoms with Gasteiger partial charge >= 0.3 is 0 Å². The fourth-order valence-electron chi connectivity index (χ4n) is 2.47. The van der Waals surface area contributed by atoms with Crippen molar-refractivity contribution in [2.75, 3.05) is 11.9 Å². The third kappa shape index (κ3) is 2.23. The summed E-state index contributed by atoms with van der Waals surface area (Å²) in [6.07, 6.45) is 2.16. The van der Waals surface area contributed by atoms with Gasteiger partial charge in [0.05, 0.1) is 10.0 Å². The molecule has 0 radical (unpaired) electrons. The van der Waals surface area contributed by atoms with Gasteiger partial charge in [0.15, 0.2) is 0 Å². The van der Waals surface area contributed by atoms with Gasteiger partial charge in [0, 0.05) is 12.2 Å². The summed E-state index contributed by atoms with van der Waals surface area (Å²) in [7, 11) is 0. The number of rotatable bonds is 3. The molecule has 1 saturated carbocycles. The fraction of sp³-hybridized carbons (Fsp3) is 0.500. The van der Waals surface area contributed by atoms with Crippen LogP contribution in [-0.2, 0) is 0 Å². The van der Waals surface area contributed by atoms with E-state index in [1.54, 1.807) is 12.1 Å². The summed E-state index contributed by atoms with van der Waals surface area (Å²) >= 11 is 3.18. The lowest BCUT2D eigenvalue weighted by Crippen LogP contribution is -2.54. The largest absolute Gasteiger partial charge is 0.378 e. The normalized spacial score (nSPS) is 28.6. The molecule has 0 atom stereocenters. The van der Waals surface area contributed by atoms with E-state index in [0.717, 1.165) is 24.4 Å². The Labute approximate surface area is 104 Å². The van der Waals surface area contributed by atoms with Crippen molar-refractivity contribution in [1.29, 1.82) is 0 Å². The molecule has 0 unspecified atom stereocenters. The van der Waals surface area contributed by atoms with Gasteiger partial charge in [-0.25, -0.2) is 4.39 Å². The van der Waals surface area contributed by atoms with Crippen LogP contribution < -0.4 is 11.1 Å². The van der Waals surface area contributed by atoms with Crippen LogP contribution >= 0.6 is 15.9 Å². The van der Waals surface area contributed by atoms with Crippen LogP contribution in [0.1, 0.15) is 19.8 Å². The molecule has 1 aromatic carbocycles. The van der Waals surface area contributed by atoms with E-state index in [9.17, 15) is 4.39 Å². The predicted octanol–water partition coefficient (Wildman–Crippen LogP) is 3.13. The van der Waals surface area contributed by atoms with E-state index in [1.165, 1.54) is 6.07 Å². The van der Waals surface area contributed by atoms with E-state index in [1.807, 2.05) is 0 Å². The minimum absolute atomic E-state index is 0.0106. The lowest BCUT2D eigenvalue weighted by Gasteiger charge is -2.47. The van der Waals surface area contributed by atoms with Gasteiger partial charge in [-0.3, -0.25) is 0 Å². The lowest BCUT2D eigenvalue weighted by molar-refractivity contribution is 0.194. The summed E-state index contributed by atoms with van der Waals surface area (Å²) < 4.78 is 13.6. The fourth-order valence-corrected chi connectivity index (χ4v) is 2.85. The molecule has 0 heterocycles. The summed E-state index contributed by atoms with van der Waals surface area (Å²) in [5.74, 6) is 0.481. The van der Waals surface area contributed by atoms with Crippen molar-refractivity contribution >= 4 is 21.6 Å². The molecule has 0 spiro atoms. The van der Waals surface area contributed by atoms with E-state index in [2.05, 4.69) is 28.2 Å². The van der Waals surface area contributed by atoms with E-state index < -0.39 is 0 Å². The Kier molecular flexibility index (Phi) is 3.22. The molecule has 4 heteroatoms. The van der Waals surface area contributed by atoms with Crippen molar-refractivity contribution in [1.82, 2.24) is 0 Å². The molecular formula is C12H16BrFN2. The van der Waals surface area contributed by atoms with Crippen LogP contribution in [0.3, 0.4) is 0 Å². The minimum Gasteiger partial charge on any atom is -0.378 e. The van der Waals surface area contributed by atoms with Crippen LogP contribution in [0.25, 0.3) is 0 Å². The maximum atomic E-state index is 13.1. The van der Waals surface area contributed by atoms with Crippen LogP contribution in [-0.4, -0.2) is 12.1 Å². The Bertz CT molecular complexity index is 389. The second-order valence-corrected chi connectivity index (χ2v) is 5.61. The second-order valence-electron chi connectivity index (χ2n) is 4.75. The van der Waals surface area contributed by atoms with Gasteiger partial charge in [-0.1, -0.05) is 6.92 Å². The maximum absolute atomic E-state index is 13.1. The monoisotopic (exact) mass is 286 g/mol. The van der Waals surface area contributed by atoms with Crippen molar-refractivity contribution in [2.45, 2.75) is 25.3 Å². The van der Waals surface area contributed by atoms with E-state index in [0.29, 0.717) is 11.0 Å². The number of halogens is 2. The Morgan fingerprint density at radius 3 is 2.75 bits per heavy atom. The van der Waals surface area contributed by atoms with E-state index in [-0.39, 0.29) is 11.4 Å². The van der Waals surface area contributed by atoms with Gasteiger partial charge in [0.2, 0.25) is 0 Å². The van der Waals surface area contributed by atoms with Gasteiger partial charge in [0.25, 0.3) is 0 Å². The molecule has 88 valence electrons. The number of nitrogens with one attached hydrogen (secondary N) is 1. The number of hydrogen-bond donors (Lipinski definition) is 2. The molecule has 3 N–H and O–H groups in total. The van der Waals surface area contributed by atoms with Crippen LogP contribution in [0.15, 0.2) is 22.7 Å². The third-order valence-electron chi connectivity index (χ3n) is 3.20. The molecule has 16 heavy (non-hydrogen) atoms. The maximum Gasteiger partial charge on any atom is 0.137 e. The molecule has 1 aliphatic rings. The highest BCUT2D eigenvalue weighted by atomic mass is 79.9. The first-order valence-corrected chi connectivity index (χ1v) is 6.27. The minimum atomic E-state index is -0.241. The summed E-state index contributed by atoms with van der Waals surface area (Å²) in [5, 5.41) is 3.42. The van der Waals surface area contributed by atoms with E-state index in [4.69, 9.17) is 5.73 Å². The highest BCUT2D eigenvalue weighted by molar-refractivity contribution is 9.10. The van der Waals surface area contributed by atoms with Gasteiger partial charge < -0.3 is 11.1 Å². The quantitative estimate of drug-likeness (QED) is 0.896. The second kappa shape index (κ2) is 4.34. The molecule has 2 rings (SSSR count). The number of benzene rings is 1. The molecule has 0 aliphatic heterocycles. The molecule has 1 fully saturated rings. The summed E-state index contributed by atoms with van der Waals surface area (Å²) in [4.78, 5) is 0. The van der Waals surface area contributed by atoms with Crippen molar-refractivity contribution in [2.24, 2.45) is 11.7 Å². The van der Waals surface area contributed by atoms with Crippen LogP contribution in [0.2, 0.25) is 0 Å².